The van der Waals surface area contributed by atoms with Crippen molar-refractivity contribution in [2.75, 3.05) is 11.4 Å². The summed E-state index contributed by atoms with van der Waals surface area (Å²) in [4.78, 5) is 18.5. The number of anilines is 1. The minimum absolute atomic E-state index is 0.0285. The van der Waals surface area contributed by atoms with Crippen molar-refractivity contribution in [2.24, 2.45) is 0 Å². The SMILES string of the molecule is O=c1nc(OCc2cc(F)c(Oc3ccc(Cl)c(C(F)(F)F)c3)c(F)c2)cc2n1CCC1CCCN21. The average molecular weight is 528 g/mol. The summed E-state index contributed by atoms with van der Waals surface area (Å²) in [6.45, 7) is 1.09. The predicted octanol–water partition coefficient (Wildman–Crippen LogP) is 5.94. The lowest BCUT2D eigenvalue weighted by Gasteiger charge is -2.34. The maximum atomic E-state index is 14.6. The Bertz CT molecular complexity index is 1360. The molecule has 3 heterocycles. The minimum atomic E-state index is -4.77. The fourth-order valence-electron chi connectivity index (χ4n) is 4.56. The Labute approximate surface area is 206 Å². The molecule has 2 aliphatic rings. The largest absolute Gasteiger partial charge is 0.473 e. The van der Waals surface area contributed by atoms with E-state index >= 15 is 0 Å². The summed E-state index contributed by atoms with van der Waals surface area (Å²) in [5.41, 5.74) is -1.58. The second-order valence-corrected chi connectivity index (χ2v) is 8.99. The van der Waals surface area contributed by atoms with E-state index in [9.17, 15) is 26.7 Å². The van der Waals surface area contributed by atoms with Gasteiger partial charge in [-0.05, 0) is 55.2 Å². The molecular formula is C24H19ClF5N3O3. The summed E-state index contributed by atoms with van der Waals surface area (Å²) >= 11 is 5.56. The van der Waals surface area contributed by atoms with Gasteiger partial charge in [-0.1, -0.05) is 11.6 Å². The van der Waals surface area contributed by atoms with Gasteiger partial charge in [0.05, 0.1) is 10.6 Å². The van der Waals surface area contributed by atoms with Gasteiger partial charge in [0.2, 0.25) is 5.88 Å². The van der Waals surface area contributed by atoms with E-state index in [1.807, 2.05) is 0 Å². The molecule has 3 aromatic rings. The van der Waals surface area contributed by atoms with Crippen LogP contribution < -0.4 is 20.1 Å². The molecule has 0 aliphatic carbocycles. The molecule has 1 unspecified atom stereocenters. The Hall–Kier alpha value is -3.34. The highest BCUT2D eigenvalue weighted by Gasteiger charge is 2.34. The van der Waals surface area contributed by atoms with Crippen molar-refractivity contribution < 1.29 is 31.4 Å². The lowest BCUT2D eigenvalue weighted by molar-refractivity contribution is -0.137. The van der Waals surface area contributed by atoms with Crippen LogP contribution in [0.3, 0.4) is 0 Å². The van der Waals surface area contributed by atoms with Crippen LogP contribution in [-0.4, -0.2) is 22.1 Å². The summed E-state index contributed by atoms with van der Waals surface area (Å²) in [6.07, 6.45) is -1.82. The third kappa shape index (κ3) is 4.71. The molecule has 190 valence electrons. The first kappa shape index (κ1) is 24.4. The summed E-state index contributed by atoms with van der Waals surface area (Å²) in [7, 11) is 0. The number of rotatable bonds is 5. The first-order valence-corrected chi connectivity index (χ1v) is 11.5. The molecule has 5 rings (SSSR count). The highest BCUT2D eigenvalue weighted by Crippen LogP contribution is 2.38. The molecule has 1 saturated heterocycles. The number of nitrogens with zero attached hydrogens (tertiary/aromatic N) is 3. The van der Waals surface area contributed by atoms with E-state index in [4.69, 9.17) is 21.1 Å². The van der Waals surface area contributed by atoms with Gasteiger partial charge in [-0.25, -0.2) is 13.6 Å². The van der Waals surface area contributed by atoms with Crippen LogP contribution >= 0.6 is 11.6 Å². The van der Waals surface area contributed by atoms with Gasteiger partial charge in [0.15, 0.2) is 17.4 Å². The third-order valence-electron chi connectivity index (χ3n) is 6.23. The Morgan fingerprint density at radius 1 is 1.06 bits per heavy atom. The monoisotopic (exact) mass is 527 g/mol. The van der Waals surface area contributed by atoms with Crippen LogP contribution in [-0.2, 0) is 19.3 Å². The van der Waals surface area contributed by atoms with Crippen LogP contribution in [0.5, 0.6) is 17.4 Å². The molecule has 0 radical (unpaired) electrons. The van der Waals surface area contributed by atoms with Gasteiger partial charge >= 0.3 is 11.9 Å². The van der Waals surface area contributed by atoms with Crippen LogP contribution in [0.4, 0.5) is 27.8 Å². The Balaban J connectivity index is 1.33. The molecular weight excluding hydrogens is 509 g/mol. The second-order valence-electron chi connectivity index (χ2n) is 8.58. The maximum Gasteiger partial charge on any atom is 0.417 e. The molecule has 36 heavy (non-hydrogen) atoms. The van der Waals surface area contributed by atoms with Gasteiger partial charge < -0.3 is 14.4 Å². The van der Waals surface area contributed by atoms with E-state index in [1.54, 1.807) is 10.6 Å². The number of hydrogen-bond donors (Lipinski definition) is 0. The standard InChI is InChI=1S/C24H19ClF5N3O3/c25-17-4-3-15(10-16(17)24(28,29)30)36-22-18(26)8-13(9-19(22)27)12-35-20-11-21-32-6-1-2-14(32)5-7-33(21)23(34)31-20/h3-4,8-11,14H,1-2,5-7,12H2. The number of alkyl halides is 3. The van der Waals surface area contributed by atoms with E-state index < -0.39 is 45.6 Å². The first-order chi connectivity index (χ1) is 17.1. The van der Waals surface area contributed by atoms with Crippen LogP contribution in [0.1, 0.15) is 30.4 Å². The summed E-state index contributed by atoms with van der Waals surface area (Å²) < 4.78 is 80.6. The molecule has 2 aromatic carbocycles. The molecule has 0 bridgehead atoms. The molecule has 6 nitrogen and oxygen atoms in total. The van der Waals surface area contributed by atoms with Crippen molar-refractivity contribution >= 4 is 17.4 Å². The quantitative estimate of drug-likeness (QED) is 0.385. The predicted molar refractivity (Wildman–Crippen MR) is 121 cm³/mol. The minimum Gasteiger partial charge on any atom is -0.473 e. The van der Waals surface area contributed by atoms with Crippen LogP contribution in [0.2, 0.25) is 5.02 Å². The van der Waals surface area contributed by atoms with E-state index in [1.165, 1.54) is 0 Å². The van der Waals surface area contributed by atoms with Gasteiger partial charge in [-0.2, -0.15) is 18.2 Å². The molecule has 1 atom stereocenters. The highest BCUT2D eigenvalue weighted by molar-refractivity contribution is 6.31. The molecule has 0 amide bonds. The second kappa shape index (κ2) is 9.27. The van der Waals surface area contributed by atoms with Crippen molar-refractivity contribution in [1.82, 2.24) is 9.55 Å². The fourth-order valence-corrected chi connectivity index (χ4v) is 4.79. The number of benzene rings is 2. The summed E-state index contributed by atoms with van der Waals surface area (Å²) in [6, 6.07) is 6.42. The molecule has 0 spiro atoms. The number of fused-ring (bicyclic) bond motifs is 3. The van der Waals surface area contributed by atoms with E-state index in [2.05, 4.69) is 9.88 Å². The van der Waals surface area contributed by atoms with Crippen molar-refractivity contribution in [2.45, 2.75) is 44.6 Å². The average Bonchev–Trinajstić information content (AvgIpc) is 3.30. The normalized spacial score (nSPS) is 17.1. The van der Waals surface area contributed by atoms with Gasteiger partial charge in [0, 0.05) is 25.2 Å². The third-order valence-corrected chi connectivity index (χ3v) is 6.56. The number of hydrogen-bond acceptors (Lipinski definition) is 5. The molecule has 0 saturated carbocycles. The molecule has 0 N–H and O–H groups in total. The highest BCUT2D eigenvalue weighted by atomic mass is 35.5. The van der Waals surface area contributed by atoms with Crippen molar-refractivity contribution in [3.8, 4) is 17.4 Å². The fraction of sp³-hybridized carbons (Fsp3) is 0.333. The van der Waals surface area contributed by atoms with E-state index in [0.29, 0.717) is 24.5 Å². The molecule has 1 fully saturated rings. The van der Waals surface area contributed by atoms with Gasteiger partial charge in [-0.3, -0.25) is 4.57 Å². The summed E-state index contributed by atoms with van der Waals surface area (Å²) in [5, 5.41) is -0.570. The van der Waals surface area contributed by atoms with Crippen molar-refractivity contribution in [3.05, 3.63) is 74.7 Å². The lowest BCUT2D eigenvalue weighted by atomic mass is 10.1. The van der Waals surface area contributed by atoms with E-state index in [0.717, 1.165) is 50.1 Å². The number of halogens is 6. The topological polar surface area (TPSA) is 56.6 Å². The molecule has 2 aliphatic heterocycles. The molecule has 1 aromatic heterocycles. The Morgan fingerprint density at radius 3 is 2.53 bits per heavy atom. The Kier molecular flexibility index (Phi) is 6.27. The zero-order valence-corrected chi connectivity index (χ0v) is 19.4. The van der Waals surface area contributed by atoms with Crippen LogP contribution in [0, 0.1) is 11.6 Å². The van der Waals surface area contributed by atoms with Crippen LogP contribution in [0.25, 0.3) is 0 Å². The van der Waals surface area contributed by atoms with Crippen LogP contribution in [0.15, 0.2) is 41.2 Å². The summed E-state index contributed by atoms with van der Waals surface area (Å²) in [5.74, 6) is -2.86. The van der Waals surface area contributed by atoms with Crippen molar-refractivity contribution in [3.63, 3.8) is 0 Å². The van der Waals surface area contributed by atoms with Gasteiger partial charge in [0.25, 0.3) is 0 Å². The number of ether oxygens (including phenoxy) is 2. The number of aromatic nitrogens is 2. The first-order valence-electron chi connectivity index (χ1n) is 11.1. The van der Waals surface area contributed by atoms with Gasteiger partial charge in [-0.15, -0.1) is 0 Å². The van der Waals surface area contributed by atoms with Crippen molar-refractivity contribution in [1.29, 1.82) is 0 Å². The van der Waals surface area contributed by atoms with E-state index in [-0.39, 0.29) is 18.1 Å². The zero-order valence-electron chi connectivity index (χ0n) is 18.6. The maximum absolute atomic E-state index is 14.6. The lowest BCUT2D eigenvalue weighted by Crippen LogP contribution is -2.41. The zero-order chi connectivity index (χ0) is 25.6. The Morgan fingerprint density at radius 2 is 1.81 bits per heavy atom. The smallest absolute Gasteiger partial charge is 0.417 e. The van der Waals surface area contributed by atoms with Gasteiger partial charge in [0.1, 0.15) is 18.2 Å². The molecule has 12 heteroatoms.